The van der Waals surface area contributed by atoms with Gasteiger partial charge < -0.3 is 10.2 Å². The lowest BCUT2D eigenvalue weighted by Crippen LogP contribution is -2.43. The number of hydrogen-bond donors (Lipinski definition) is 1. The van der Waals surface area contributed by atoms with E-state index in [0.29, 0.717) is 13.0 Å². The topological polar surface area (TPSA) is 62.3 Å². The van der Waals surface area contributed by atoms with Crippen LogP contribution in [-0.4, -0.2) is 34.3 Å². The van der Waals surface area contributed by atoms with Crippen molar-refractivity contribution in [3.05, 3.63) is 16.1 Å². The van der Waals surface area contributed by atoms with Gasteiger partial charge in [0.1, 0.15) is 11.0 Å². The molecular weight excluding hydrogens is 250 g/mol. The van der Waals surface area contributed by atoms with Crippen molar-refractivity contribution in [1.82, 2.24) is 15.2 Å². The highest BCUT2D eigenvalue weighted by atomic mass is 32.1. The van der Waals surface area contributed by atoms with Crippen LogP contribution in [0.1, 0.15) is 36.2 Å². The van der Waals surface area contributed by atoms with E-state index in [1.54, 1.807) is 23.2 Å². The van der Waals surface area contributed by atoms with Crippen LogP contribution in [-0.2, 0) is 9.59 Å². The summed E-state index contributed by atoms with van der Waals surface area (Å²) in [5.41, 5.74) is 0. The molecule has 98 valence electrons. The summed E-state index contributed by atoms with van der Waals surface area (Å²) in [6.07, 6.45) is 2.16. The van der Waals surface area contributed by atoms with Gasteiger partial charge in [0.2, 0.25) is 11.8 Å². The van der Waals surface area contributed by atoms with Crippen molar-refractivity contribution in [2.75, 3.05) is 6.54 Å². The average Bonchev–Trinajstić information content (AvgIpc) is 2.70. The minimum Gasteiger partial charge on any atom is -0.345 e. The largest absolute Gasteiger partial charge is 0.345 e. The molecule has 1 fully saturated rings. The Morgan fingerprint density at radius 1 is 1.56 bits per heavy atom. The highest BCUT2D eigenvalue weighted by Crippen LogP contribution is 2.26. The van der Waals surface area contributed by atoms with Gasteiger partial charge in [0.15, 0.2) is 0 Å². The van der Waals surface area contributed by atoms with Crippen LogP contribution in [0, 0.1) is 6.92 Å². The second kappa shape index (κ2) is 5.06. The van der Waals surface area contributed by atoms with E-state index < -0.39 is 6.04 Å². The number of rotatable bonds is 2. The summed E-state index contributed by atoms with van der Waals surface area (Å²) in [5, 5.41) is 3.60. The van der Waals surface area contributed by atoms with E-state index in [4.69, 9.17) is 0 Å². The van der Waals surface area contributed by atoms with Gasteiger partial charge in [-0.15, -0.1) is 11.3 Å². The van der Waals surface area contributed by atoms with Crippen molar-refractivity contribution in [3.63, 3.8) is 0 Å². The van der Waals surface area contributed by atoms with Crippen LogP contribution in [0.2, 0.25) is 0 Å². The van der Waals surface area contributed by atoms with Gasteiger partial charge in [-0.1, -0.05) is 0 Å². The number of thiazole rings is 1. The quantitative estimate of drug-likeness (QED) is 0.877. The second-order valence-corrected chi connectivity index (χ2v) is 5.82. The van der Waals surface area contributed by atoms with Crippen molar-refractivity contribution >= 4 is 23.2 Å². The maximum absolute atomic E-state index is 12.2. The molecule has 2 amide bonds. The molecule has 5 nitrogen and oxygen atoms in total. The number of nitrogens with zero attached hydrogens (tertiary/aromatic N) is 2. The van der Waals surface area contributed by atoms with Crippen LogP contribution in [0.4, 0.5) is 0 Å². The van der Waals surface area contributed by atoms with Gasteiger partial charge in [0, 0.05) is 24.0 Å². The second-order valence-electron chi connectivity index (χ2n) is 4.56. The van der Waals surface area contributed by atoms with Gasteiger partial charge in [-0.05, 0) is 20.8 Å². The molecule has 0 saturated carbocycles. The number of carbonyl (C=O) groups excluding carboxylic acids is 2. The first-order chi connectivity index (χ1) is 8.49. The van der Waals surface area contributed by atoms with Crippen LogP contribution < -0.4 is 5.32 Å². The molecule has 1 saturated heterocycles. The summed E-state index contributed by atoms with van der Waals surface area (Å²) >= 11 is 1.59. The predicted octanol–water partition coefficient (Wildman–Crippen LogP) is 1.25. The molecule has 2 atom stereocenters. The maximum Gasteiger partial charge on any atom is 0.245 e. The van der Waals surface area contributed by atoms with Crippen molar-refractivity contribution in [1.29, 1.82) is 0 Å². The molecular formula is C12H17N3O2S. The van der Waals surface area contributed by atoms with Gasteiger partial charge in [-0.25, -0.2) is 4.98 Å². The van der Waals surface area contributed by atoms with Crippen LogP contribution in [0.15, 0.2) is 6.20 Å². The average molecular weight is 267 g/mol. The molecule has 1 aliphatic heterocycles. The molecule has 2 heterocycles. The Labute approximate surface area is 110 Å². The summed E-state index contributed by atoms with van der Waals surface area (Å²) in [5.74, 6) is -0.109. The predicted molar refractivity (Wildman–Crippen MR) is 69.2 cm³/mol. The molecule has 1 aromatic heterocycles. The minimum atomic E-state index is -0.455. The molecule has 2 unspecified atom stereocenters. The van der Waals surface area contributed by atoms with E-state index >= 15 is 0 Å². The summed E-state index contributed by atoms with van der Waals surface area (Å²) < 4.78 is 0. The summed E-state index contributed by atoms with van der Waals surface area (Å²) in [6, 6.07) is -0.533. The first-order valence-electron chi connectivity index (χ1n) is 6.01. The molecule has 1 N–H and O–H groups in total. The number of hydrogen-bond acceptors (Lipinski definition) is 4. The van der Waals surface area contributed by atoms with Crippen molar-refractivity contribution in [2.45, 2.75) is 39.3 Å². The number of carbonyl (C=O) groups is 2. The zero-order chi connectivity index (χ0) is 13.3. The molecule has 0 bridgehead atoms. The molecule has 1 aromatic rings. The van der Waals surface area contributed by atoms with E-state index in [1.165, 1.54) is 0 Å². The molecule has 2 rings (SSSR count). The van der Waals surface area contributed by atoms with Gasteiger partial charge >= 0.3 is 0 Å². The third-order valence-corrected chi connectivity index (χ3v) is 4.16. The Kier molecular flexibility index (Phi) is 3.65. The van der Waals surface area contributed by atoms with Crippen LogP contribution in [0.25, 0.3) is 0 Å². The zero-order valence-corrected chi connectivity index (χ0v) is 11.6. The molecule has 6 heteroatoms. The van der Waals surface area contributed by atoms with Gasteiger partial charge in [0.25, 0.3) is 0 Å². The highest BCUT2D eigenvalue weighted by molar-refractivity contribution is 7.11. The zero-order valence-electron chi connectivity index (χ0n) is 10.8. The molecule has 0 spiro atoms. The first kappa shape index (κ1) is 13.0. The van der Waals surface area contributed by atoms with E-state index in [1.807, 2.05) is 20.0 Å². The van der Waals surface area contributed by atoms with Crippen molar-refractivity contribution in [3.8, 4) is 0 Å². The molecule has 18 heavy (non-hydrogen) atoms. The summed E-state index contributed by atoms with van der Waals surface area (Å²) in [7, 11) is 0. The molecule has 1 aliphatic rings. The number of amides is 2. The Morgan fingerprint density at radius 2 is 2.28 bits per heavy atom. The fourth-order valence-electron chi connectivity index (χ4n) is 2.04. The Balaban J connectivity index is 2.20. The first-order valence-corrected chi connectivity index (χ1v) is 6.83. The number of aryl methyl sites for hydroxylation is 1. The summed E-state index contributed by atoms with van der Waals surface area (Å²) in [4.78, 5) is 30.8. The fourth-order valence-corrected chi connectivity index (χ4v) is 2.88. The Hall–Kier alpha value is -1.43. The van der Waals surface area contributed by atoms with Crippen LogP contribution in [0.5, 0.6) is 0 Å². The lowest BCUT2D eigenvalue weighted by Gasteiger charge is -2.27. The Bertz CT molecular complexity index is 472. The highest BCUT2D eigenvalue weighted by Gasteiger charge is 2.31. The van der Waals surface area contributed by atoms with Gasteiger partial charge in [0.05, 0.1) is 6.04 Å². The number of nitrogens with one attached hydrogen (secondary N) is 1. The van der Waals surface area contributed by atoms with Gasteiger partial charge in [-0.2, -0.15) is 0 Å². The van der Waals surface area contributed by atoms with E-state index in [9.17, 15) is 9.59 Å². The van der Waals surface area contributed by atoms with Crippen molar-refractivity contribution < 1.29 is 9.59 Å². The third-order valence-electron chi connectivity index (χ3n) is 3.07. The lowest BCUT2D eigenvalue weighted by molar-refractivity contribution is -0.134. The molecule has 0 aliphatic carbocycles. The van der Waals surface area contributed by atoms with E-state index in [-0.39, 0.29) is 17.9 Å². The van der Waals surface area contributed by atoms with E-state index in [2.05, 4.69) is 10.3 Å². The van der Waals surface area contributed by atoms with Crippen LogP contribution in [0.3, 0.4) is 0 Å². The van der Waals surface area contributed by atoms with Crippen LogP contribution >= 0.6 is 11.3 Å². The summed E-state index contributed by atoms with van der Waals surface area (Å²) in [6.45, 7) is 6.12. The molecule has 0 radical (unpaired) electrons. The smallest absolute Gasteiger partial charge is 0.245 e. The standard InChI is InChI=1S/C12H17N3O2S/c1-7-6-13-11(18-7)9(3)15-5-4-10(16)14-8(2)12(15)17/h6,8-9H,4-5H2,1-3H3,(H,14,16). The number of aromatic nitrogens is 1. The van der Waals surface area contributed by atoms with Gasteiger partial charge in [-0.3, -0.25) is 9.59 Å². The molecule has 0 aromatic carbocycles. The minimum absolute atomic E-state index is 0.0406. The monoisotopic (exact) mass is 267 g/mol. The fraction of sp³-hybridized carbons (Fsp3) is 0.583. The van der Waals surface area contributed by atoms with Crippen molar-refractivity contribution in [2.24, 2.45) is 0 Å². The third kappa shape index (κ3) is 2.53. The SMILES string of the molecule is Cc1cnc(C(C)N2CCC(=O)NC(C)C2=O)s1. The van der Waals surface area contributed by atoms with E-state index in [0.717, 1.165) is 9.88 Å². The maximum atomic E-state index is 12.2. The lowest BCUT2D eigenvalue weighted by atomic mass is 10.2. The Morgan fingerprint density at radius 3 is 2.89 bits per heavy atom. The normalized spacial score (nSPS) is 22.6.